The highest BCUT2D eigenvalue weighted by Gasteiger charge is 2.21. The Morgan fingerprint density at radius 3 is 2.19 bits per heavy atom. The zero-order chi connectivity index (χ0) is 22.0. The number of ether oxygens (including phenoxy) is 1. The van der Waals surface area contributed by atoms with Gasteiger partial charge in [0.1, 0.15) is 12.4 Å². The van der Waals surface area contributed by atoms with Crippen molar-refractivity contribution >= 4 is 11.5 Å². The van der Waals surface area contributed by atoms with Crippen molar-refractivity contribution in [3.05, 3.63) is 82.0 Å². The molecule has 1 saturated heterocycles. The van der Waals surface area contributed by atoms with Crippen LogP contribution in [0.1, 0.15) is 5.56 Å². The number of rotatable bonds is 5. The molecule has 3 aromatic rings. The molecule has 1 fully saturated rings. The second kappa shape index (κ2) is 8.71. The topological polar surface area (TPSA) is 50.6 Å². The van der Waals surface area contributed by atoms with Crippen LogP contribution in [0.25, 0.3) is 0 Å². The van der Waals surface area contributed by atoms with E-state index in [1.807, 2.05) is 18.2 Å². The molecule has 4 rings (SSSR count). The third-order valence-corrected chi connectivity index (χ3v) is 5.24. The number of hydrogen-bond donors (Lipinski definition) is 0. The predicted molar refractivity (Wildman–Crippen MR) is 111 cm³/mol. The standard InChI is InChI=1S/C22H21F3N4O2/c1-27-20(29-9-7-28(8-10-29)16-5-3-2-4-6-16)13-19(26-22(27)30)31-14-15-11-17(23)21(25)18(24)12-15/h2-6,11-13H,7-10,14H2,1H3. The zero-order valence-corrected chi connectivity index (χ0v) is 16.9. The van der Waals surface area contributed by atoms with Gasteiger partial charge in [0.15, 0.2) is 17.5 Å². The number of nitrogens with zero attached hydrogens (tertiary/aromatic N) is 4. The van der Waals surface area contributed by atoms with Gasteiger partial charge in [-0.3, -0.25) is 4.57 Å². The van der Waals surface area contributed by atoms with Gasteiger partial charge in [0.2, 0.25) is 5.88 Å². The molecule has 0 spiro atoms. The largest absolute Gasteiger partial charge is 0.473 e. The summed E-state index contributed by atoms with van der Waals surface area (Å²) >= 11 is 0. The van der Waals surface area contributed by atoms with Gasteiger partial charge in [-0.1, -0.05) is 18.2 Å². The van der Waals surface area contributed by atoms with Crippen molar-refractivity contribution < 1.29 is 17.9 Å². The van der Waals surface area contributed by atoms with Crippen molar-refractivity contribution in [3.8, 4) is 5.88 Å². The maximum atomic E-state index is 13.4. The molecule has 1 aliphatic rings. The number of halogens is 3. The minimum Gasteiger partial charge on any atom is -0.473 e. The van der Waals surface area contributed by atoms with Crippen LogP contribution in [-0.4, -0.2) is 35.7 Å². The maximum Gasteiger partial charge on any atom is 0.352 e. The Kier molecular flexibility index (Phi) is 5.83. The van der Waals surface area contributed by atoms with Crippen LogP contribution >= 0.6 is 0 Å². The van der Waals surface area contributed by atoms with Gasteiger partial charge in [-0.2, -0.15) is 4.98 Å². The molecule has 0 radical (unpaired) electrons. The van der Waals surface area contributed by atoms with E-state index in [9.17, 15) is 18.0 Å². The third kappa shape index (κ3) is 4.50. The molecule has 6 nitrogen and oxygen atoms in total. The molecule has 0 aliphatic carbocycles. The lowest BCUT2D eigenvalue weighted by Gasteiger charge is -2.37. The average molecular weight is 430 g/mol. The zero-order valence-electron chi connectivity index (χ0n) is 16.9. The first-order chi connectivity index (χ1) is 14.9. The lowest BCUT2D eigenvalue weighted by Crippen LogP contribution is -2.48. The first kappa shape index (κ1) is 20.8. The van der Waals surface area contributed by atoms with Gasteiger partial charge in [-0.15, -0.1) is 0 Å². The Morgan fingerprint density at radius 2 is 1.55 bits per heavy atom. The van der Waals surface area contributed by atoms with Gasteiger partial charge in [-0.05, 0) is 29.8 Å². The summed E-state index contributed by atoms with van der Waals surface area (Å²) in [5.74, 6) is -3.46. The van der Waals surface area contributed by atoms with E-state index in [1.54, 1.807) is 13.1 Å². The van der Waals surface area contributed by atoms with E-state index < -0.39 is 23.1 Å². The summed E-state index contributed by atoms with van der Waals surface area (Å²) in [7, 11) is 1.63. The van der Waals surface area contributed by atoms with Gasteiger partial charge in [0.25, 0.3) is 0 Å². The van der Waals surface area contributed by atoms with Gasteiger partial charge >= 0.3 is 5.69 Å². The van der Waals surface area contributed by atoms with Crippen molar-refractivity contribution in [3.63, 3.8) is 0 Å². The van der Waals surface area contributed by atoms with Crippen LogP contribution in [0.3, 0.4) is 0 Å². The predicted octanol–water partition coefficient (Wildman–Crippen LogP) is 3.10. The molecule has 0 unspecified atom stereocenters. The molecule has 0 N–H and O–H groups in total. The van der Waals surface area contributed by atoms with Crippen LogP contribution in [0.15, 0.2) is 53.3 Å². The van der Waals surface area contributed by atoms with E-state index in [4.69, 9.17) is 4.74 Å². The minimum absolute atomic E-state index is 0.0359. The molecule has 0 saturated carbocycles. The van der Waals surface area contributed by atoms with E-state index >= 15 is 0 Å². The summed E-state index contributed by atoms with van der Waals surface area (Å²) < 4.78 is 46.8. The van der Waals surface area contributed by atoms with Crippen LogP contribution in [0.4, 0.5) is 24.7 Å². The molecular formula is C22H21F3N4O2. The van der Waals surface area contributed by atoms with Crippen molar-refractivity contribution in [2.24, 2.45) is 7.05 Å². The molecule has 1 aromatic heterocycles. The van der Waals surface area contributed by atoms with Crippen molar-refractivity contribution in [2.75, 3.05) is 36.0 Å². The minimum atomic E-state index is -1.53. The summed E-state index contributed by atoms with van der Waals surface area (Å²) in [6.07, 6.45) is 0. The summed E-state index contributed by atoms with van der Waals surface area (Å²) in [5, 5.41) is 0. The molecule has 162 valence electrons. The smallest absolute Gasteiger partial charge is 0.352 e. The third-order valence-electron chi connectivity index (χ3n) is 5.24. The van der Waals surface area contributed by atoms with Crippen molar-refractivity contribution in [1.29, 1.82) is 0 Å². The van der Waals surface area contributed by atoms with Crippen LogP contribution in [0, 0.1) is 17.5 Å². The van der Waals surface area contributed by atoms with E-state index in [2.05, 4.69) is 26.9 Å². The molecule has 2 aromatic carbocycles. The lowest BCUT2D eigenvalue weighted by atomic mass is 10.2. The van der Waals surface area contributed by atoms with E-state index in [-0.39, 0.29) is 18.1 Å². The second-order valence-corrected chi connectivity index (χ2v) is 7.27. The van der Waals surface area contributed by atoms with E-state index in [0.717, 1.165) is 30.9 Å². The number of piperazine rings is 1. The molecule has 9 heteroatoms. The summed E-state index contributed by atoms with van der Waals surface area (Å²) in [5.41, 5.74) is 0.736. The number of aromatic nitrogens is 2. The Labute approximate surface area is 177 Å². The average Bonchev–Trinajstić information content (AvgIpc) is 2.78. The number of para-hydroxylation sites is 1. The Balaban J connectivity index is 1.48. The summed E-state index contributed by atoms with van der Waals surface area (Å²) in [6, 6.07) is 13.4. The van der Waals surface area contributed by atoms with Crippen molar-refractivity contribution in [1.82, 2.24) is 9.55 Å². The molecule has 31 heavy (non-hydrogen) atoms. The van der Waals surface area contributed by atoms with Gasteiger partial charge < -0.3 is 14.5 Å². The number of hydrogen-bond acceptors (Lipinski definition) is 5. The Morgan fingerprint density at radius 1 is 0.935 bits per heavy atom. The van der Waals surface area contributed by atoms with Crippen LogP contribution < -0.4 is 20.2 Å². The van der Waals surface area contributed by atoms with E-state index in [0.29, 0.717) is 18.9 Å². The fraction of sp³-hybridized carbons (Fsp3) is 0.273. The molecule has 2 heterocycles. The molecule has 1 aliphatic heterocycles. The fourth-order valence-corrected chi connectivity index (χ4v) is 3.57. The van der Waals surface area contributed by atoms with E-state index in [1.165, 1.54) is 4.57 Å². The molecule has 0 amide bonds. The maximum absolute atomic E-state index is 13.4. The first-order valence-electron chi connectivity index (χ1n) is 9.81. The van der Waals surface area contributed by atoms with Gasteiger partial charge in [0.05, 0.1) is 0 Å². The highest BCUT2D eigenvalue weighted by Crippen LogP contribution is 2.22. The summed E-state index contributed by atoms with van der Waals surface area (Å²) in [6.45, 7) is 2.70. The molecule has 0 atom stereocenters. The number of benzene rings is 2. The van der Waals surface area contributed by atoms with Crippen molar-refractivity contribution in [2.45, 2.75) is 6.61 Å². The Bertz CT molecular complexity index is 1110. The highest BCUT2D eigenvalue weighted by molar-refractivity contribution is 5.50. The normalized spacial score (nSPS) is 14.1. The highest BCUT2D eigenvalue weighted by atomic mass is 19.2. The van der Waals surface area contributed by atoms with Crippen LogP contribution in [0.5, 0.6) is 5.88 Å². The monoisotopic (exact) mass is 430 g/mol. The lowest BCUT2D eigenvalue weighted by molar-refractivity contribution is 0.289. The van der Waals surface area contributed by atoms with Gasteiger partial charge in [0, 0.05) is 45.0 Å². The molecule has 0 bridgehead atoms. The molecular weight excluding hydrogens is 409 g/mol. The second-order valence-electron chi connectivity index (χ2n) is 7.27. The Hall–Kier alpha value is -3.49. The number of anilines is 2. The van der Waals surface area contributed by atoms with Gasteiger partial charge in [-0.25, -0.2) is 18.0 Å². The van der Waals surface area contributed by atoms with Crippen LogP contribution in [0.2, 0.25) is 0 Å². The van der Waals surface area contributed by atoms with Crippen LogP contribution in [-0.2, 0) is 13.7 Å². The fourth-order valence-electron chi connectivity index (χ4n) is 3.57. The quantitative estimate of drug-likeness (QED) is 0.583. The first-order valence-corrected chi connectivity index (χ1v) is 9.81. The SMILES string of the molecule is Cn1c(N2CCN(c3ccccc3)CC2)cc(OCc2cc(F)c(F)c(F)c2)nc1=O. The summed E-state index contributed by atoms with van der Waals surface area (Å²) in [4.78, 5) is 20.5.